The van der Waals surface area contributed by atoms with Gasteiger partial charge in [-0.2, -0.15) is 0 Å². The van der Waals surface area contributed by atoms with Gasteiger partial charge in [-0.25, -0.2) is 0 Å². The zero-order valence-electron chi connectivity index (χ0n) is 16.7. The Hall–Kier alpha value is -3.28. The normalized spacial score (nSPS) is 13.3. The summed E-state index contributed by atoms with van der Waals surface area (Å²) in [5.74, 6) is 1.43. The van der Waals surface area contributed by atoms with Crippen LogP contribution in [0.5, 0.6) is 5.75 Å². The molecule has 1 aromatic heterocycles. The number of carbonyl (C=O) groups is 2. The molecule has 0 unspecified atom stereocenters. The summed E-state index contributed by atoms with van der Waals surface area (Å²) in [5, 5.41) is 1.04. The number of carbonyl (C=O) groups excluding carboxylic acids is 2. The Labute approximate surface area is 169 Å². The van der Waals surface area contributed by atoms with Crippen LogP contribution in [0.1, 0.15) is 24.7 Å². The first-order chi connectivity index (χ1) is 14.1. The second kappa shape index (κ2) is 7.99. The van der Waals surface area contributed by atoms with Crippen LogP contribution in [0.25, 0.3) is 11.0 Å². The monoisotopic (exact) mass is 392 g/mol. The van der Waals surface area contributed by atoms with Crippen LogP contribution in [0.3, 0.4) is 0 Å². The summed E-state index contributed by atoms with van der Waals surface area (Å²) in [6.07, 6.45) is 1.01. The number of ether oxygens (including phenoxy) is 1. The maximum absolute atomic E-state index is 12.8. The van der Waals surface area contributed by atoms with Gasteiger partial charge in [-0.3, -0.25) is 9.59 Å². The zero-order chi connectivity index (χ0) is 20.4. The lowest BCUT2D eigenvalue weighted by Crippen LogP contribution is -2.41. The van der Waals surface area contributed by atoms with Gasteiger partial charge in [0.15, 0.2) is 6.61 Å². The summed E-state index contributed by atoms with van der Waals surface area (Å²) < 4.78 is 11.4. The van der Waals surface area contributed by atoms with E-state index < -0.39 is 0 Å². The predicted molar refractivity (Wildman–Crippen MR) is 111 cm³/mol. The van der Waals surface area contributed by atoms with Crippen LogP contribution in [0.15, 0.2) is 52.9 Å². The van der Waals surface area contributed by atoms with Crippen molar-refractivity contribution in [2.75, 3.05) is 25.1 Å². The number of nitrogens with zero attached hydrogens (tertiary/aromatic N) is 2. The van der Waals surface area contributed by atoms with Gasteiger partial charge >= 0.3 is 0 Å². The largest absolute Gasteiger partial charge is 0.482 e. The molecule has 6 heteroatoms. The highest BCUT2D eigenvalue weighted by molar-refractivity contribution is 5.98. The van der Waals surface area contributed by atoms with Gasteiger partial charge in [0.05, 0.1) is 5.69 Å². The van der Waals surface area contributed by atoms with Crippen molar-refractivity contribution in [3.8, 4) is 5.75 Å². The number of hydrogen-bond acceptors (Lipinski definition) is 4. The number of aryl methyl sites for hydroxylation is 1. The van der Waals surface area contributed by atoms with Crippen molar-refractivity contribution in [3.05, 3.63) is 59.9 Å². The molecule has 2 amide bonds. The second-order valence-electron chi connectivity index (χ2n) is 7.16. The van der Waals surface area contributed by atoms with E-state index in [2.05, 4.69) is 0 Å². The minimum atomic E-state index is -0.131. The highest BCUT2D eigenvalue weighted by atomic mass is 16.5. The third kappa shape index (κ3) is 3.70. The maximum Gasteiger partial charge on any atom is 0.265 e. The number of anilines is 1. The highest BCUT2D eigenvalue weighted by Gasteiger charge is 2.26. The number of benzene rings is 2. The quantitative estimate of drug-likeness (QED) is 0.641. The van der Waals surface area contributed by atoms with Gasteiger partial charge in [-0.15, -0.1) is 0 Å². The third-order valence-corrected chi connectivity index (χ3v) is 5.28. The van der Waals surface area contributed by atoms with Gasteiger partial charge in [0, 0.05) is 43.9 Å². The molecule has 1 aliphatic heterocycles. The lowest BCUT2D eigenvalue weighted by atomic mass is 10.1. The van der Waals surface area contributed by atoms with Gasteiger partial charge in [-0.05, 0) is 18.2 Å². The van der Waals surface area contributed by atoms with Crippen LogP contribution in [0.2, 0.25) is 0 Å². The Morgan fingerprint density at radius 2 is 1.90 bits per heavy atom. The van der Waals surface area contributed by atoms with Gasteiger partial charge in [-0.1, -0.05) is 37.3 Å². The molecule has 0 saturated carbocycles. The molecule has 3 aromatic rings. The summed E-state index contributed by atoms with van der Waals surface area (Å²) in [4.78, 5) is 28.4. The first-order valence-corrected chi connectivity index (χ1v) is 9.84. The van der Waals surface area contributed by atoms with Crippen molar-refractivity contribution >= 4 is 28.5 Å². The molecule has 29 heavy (non-hydrogen) atoms. The maximum atomic E-state index is 12.8. The van der Waals surface area contributed by atoms with E-state index in [1.54, 1.807) is 16.8 Å². The van der Waals surface area contributed by atoms with Crippen LogP contribution in [0.4, 0.5) is 5.69 Å². The summed E-state index contributed by atoms with van der Waals surface area (Å²) in [5.41, 5.74) is 2.61. The number of amides is 2. The van der Waals surface area contributed by atoms with E-state index in [0.29, 0.717) is 24.5 Å². The van der Waals surface area contributed by atoms with E-state index in [9.17, 15) is 9.59 Å². The molecule has 1 aliphatic rings. The predicted octanol–water partition coefficient (Wildman–Crippen LogP) is 3.77. The lowest BCUT2D eigenvalue weighted by molar-refractivity contribution is -0.130. The Bertz CT molecular complexity index is 1060. The average molecular weight is 392 g/mol. The van der Waals surface area contributed by atoms with Crippen molar-refractivity contribution in [1.82, 2.24) is 4.90 Å². The molecule has 6 nitrogen and oxygen atoms in total. The molecule has 2 heterocycles. The first kappa shape index (κ1) is 19.1. The molecular weight excluding hydrogens is 368 g/mol. The molecule has 0 saturated heterocycles. The molecule has 2 aromatic carbocycles. The van der Waals surface area contributed by atoms with E-state index in [1.165, 1.54) is 0 Å². The van der Waals surface area contributed by atoms with Crippen molar-refractivity contribution in [3.63, 3.8) is 0 Å². The molecule has 0 radical (unpaired) electrons. The number of para-hydroxylation sites is 3. The zero-order valence-corrected chi connectivity index (χ0v) is 16.7. The minimum absolute atomic E-state index is 0.00190. The Kier molecular flexibility index (Phi) is 5.25. The smallest absolute Gasteiger partial charge is 0.265 e. The molecule has 0 atom stereocenters. The van der Waals surface area contributed by atoms with Crippen LogP contribution >= 0.6 is 0 Å². The second-order valence-corrected chi connectivity index (χ2v) is 7.16. The van der Waals surface area contributed by atoms with Crippen molar-refractivity contribution < 1.29 is 18.7 Å². The standard InChI is InChI=1S/C23H24N2O4/c1-3-19-17(16-8-4-6-10-20(16)29-19)14-24(2)22(26)12-13-25-18-9-5-7-11-21(18)28-15-23(25)27/h4-11H,3,12-15H2,1-2H3. The van der Waals surface area contributed by atoms with E-state index in [4.69, 9.17) is 9.15 Å². The lowest BCUT2D eigenvalue weighted by Gasteiger charge is -2.29. The molecule has 0 spiro atoms. The Morgan fingerprint density at radius 3 is 2.72 bits per heavy atom. The van der Waals surface area contributed by atoms with E-state index in [-0.39, 0.29) is 24.8 Å². The number of furan rings is 1. The fourth-order valence-corrected chi connectivity index (χ4v) is 3.73. The number of fused-ring (bicyclic) bond motifs is 2. The fraction of sp³-hybridized carbons (Fsp3) is 0.304. The van der Waals surface area contributed by atoms with Gasteiger partial charge in [0.1, 0.15) is 17.1 Å². The molecular formula is C23H24N2O4. The summed E-state index contributed by atoms with van der Waals surface area (Å²) in [7, 11) is 1.79. The highest BCUT2D eigenvalue weighted by Crippen LogP contribution is 2.31. The van der Waals surface area contributed by atoms with Crippen LogP contribution < -0.4 is 9.64 Å². The van der Waals surface area contributed by atoms with Gasteiger partial charge in [0.25, 0.3) is 5.91 Å². The van der Waals surface area contributed by atoms with Gasteiger partial charge < -0.3 is 19.0 Å². The minimum Gasteiger partial charge on any atom is -0.482 e. The molecule has 0 fully saturated rings. The van der Waals surface area contributed by atoms with E-state index in [1.807, 2.05) is 55.5 Å². The van der Waals surface area contributed by atoms with Gasteiger partial charge in [0.2, 0.25) is 5.91 Å². The fourth-order valence-electron chi connectivity index (χ4n) is 3.73. The molecule has 0 N–H and O–H groups in total. The molecule has 4 rings (SSSR count). The molecule has 150 valence electrons. The first-order valence-electron chi connectivity index (χ1n) is 9.84. The van der Waals surface area contributed by atoms with Crippen LogP contribution in [-0.2, 0) is 22.6 Å². The van der Waals surface area contributed by atoms with Crippen molar-refractivity contribution in [1.29, 1.82) is 0 Å². The van der Waals surface area contributed by atoms with E-state index >= 15 is 0 Å². The molecule has 0 bridgehead atoms. The Morgan fingerprint density at radius 1 is 1.14 bits per heavy atom. The topological polar surface area (TPSA) is 63.0 Å². The number of hydrogen-bond donors (Lipinski definition) is 0. The van der Waals surface area contributed by atoms with Crippen molar-refractivity contribution in [2.24, 2.45) is 0 Å². The average Bonchev–Trinajstić information content (AvgIpc) is 3.10. The van der Waals surface area contributed by atoms with Crippen LogP contribution in [-0.4, -0.2) is 36.9 Å². The van der Waals surface area contributed by atoms with Crippen molar-refractivity contribution in [2.45, 2.75) is 26.3 Å². The number of rotatable bonds is 6. The summed E-state index contributed by atoms with van der Waals surface area (Å²) >= 11 is 0. The van der Waals surface area contributed by atoms with Crippen LogP contribution in [0, 0.1) is 0 Å². The molecule has 0 aliphatic carbocycles. The van der Waals surface area contributed by atoms with E-state index in [0.717, 1.165) is 28.7 Å². The summed E-state index contributed by atoms with van der Waals surface area (Å²) in [6, 6.07) is 15.3. The summed E-state index contributed by atoms with van der Waals surface area (Å²) in [6.45, 7) is 2.86. The third-order valence-electron chi connectivity index (χ3n) is 5.28. The SMILES string of the molecule is CCc1oc2ccccc2c1CN(C)C(=O)CCN1C(=O)COc2ccccc21. The Balaban J connectivity index is 1.45.